The number of hydrogen-bond acceptors (Lipinski definition) is 3. The predicted octanol–water partition coefficient (Wildman–Crippen LogP) is 4.40. The van der Waals surface area contributed by atoms with Gasteiger partial charge in [0.05, 0.1) is 15.2 Å². The van der Waals surface area contributed by atoms with Crippen LogP contribution in [0.3, 0.4) is 0 Å². The number of nitrogens with zero attached hydrogens (tertiary/aromatic N) is 1. The summed E-state index contributed by atoms with van der Waals surface area (Å²) < 4.78 is 1.33. The van der Waals surface area contributed by atoms with Gasteiger partial charge in [0.15, 0.2) is 0 Å². The zero-order valence-electron chi connectivity index (χ0n) is 12.3. The van der Waals surface area contributed by atoms with E-state index in [1.54, 1.807) is 0 Å². The van der Waals surface area contributed by atoms with Crippen LogP contribution in [0, 0.1) is 5.92 Å². The highest BCUT2D eigenvalue weighted by atomic mass is 32.1. The van der Waals surface area contributed by atoms with Crippen LogP contribution in [0.5, 0.6) is 0 Å². The Morgan fingerprint density at radius 3 is 2.90 bits per heavy atom. The molecule has 2 atom stereocenters. The fourth-order valence-corrected chi connectivity index (χ4v) is 4.45. The van der Waals surface area contributed by atoms with E-state index in [1.165, 1.54) is 47.3 Å². The van der Waals surface area contributed by atoms with Gasteiger partial charge in [-0.1, -0.05) is 38.3 Å². The van der Waals surface area contributed by atoms with E-state index in [2.05, 4.69) is 36.5 Å². The van der Waals surface area contributed by atoms with Crippen LogP contribution in [0.1, 0.15) is 44.0 Å². The zero-order valence-corrected chi connectivity index (χ0v) is 13.1. The number of para-hydroxylation sites is 1. The first-order valence-corrected chi connectivity index (χ1v) is 8.76. The van der Waals surface area contributed by atoms with Crippen molar-refractivity contribution in [3.8, 4) is 0 Å². The summed E-state index contributed by atoms with van der Waals surface area (Å²) in [4.78, 5) is 4.82. The molecule has 1 aliphatic rings. The molecule has 0 amide bonds. The lowest BCUT2D eigenvalue weighted by molar-refractivity contribution is 0.337. The van der Waals surface area contributed by atoms with Gasteiger partial charge in [-0.3, -0.25) is 0 Å². The van der Waals surface area contributed by atoms with Crippen molar-refractivity contribution in [3.63, 3.8) is 0 Å². The molecule has 1 aliphatic carbocycles. The van der Waals surface area contributed by atoms with Gasteiger partial charge in [0.2, 0.25) is 0 Å². The second-order valence-electron chi connectivity index (χ2n) is 5.84. The molecule has 2 nitrogen and oxygen atoms in total. The fraction of sp³-hybridized carbons (Fsp3) is 0.588. The second kappa shape index (κ2) is 6.68. The summed E-state index contributed by atoms with van der Waals surface area (Å²) in [5.41, 5.74) is 1.17. The summed E-state index contributed by atoms with van der Waals surface area (Å²) >= 11 is 1.88. The van der Waals surface area contributed by atoms with Crippen LogP contribution in [0.25, 0.3) is 10.2 Å². The van der Waals surface area contributed by atoms with E-state index in [4.69, 9.17) is 4.98 Å². The molecule has 0 saturated heterocycles. The van der Waals surface area contributed by atoms with Gasteiger partial charge in [-0.25, -0.2) is 4.98 Å². The highest BCUT2D eigenvalue weighted by Crippen LogP contribution is 2.30. The average molecular weight is 288 g/mol. The number of thiazole rings is 1. The molecule has 0 radical (unpaired) electrons. The van der Waals surface area contributed by atoms with E-state index in [0.717, 1.165) is 18.9 Å². The molecular weight excluding hydrogens is 264 g/mol. The fourth-order valence-electron chi connectivity index (χ4n) is 3.39. The second-order valence-corrected chi connectivity index (χ2v) is 6.96. The average Bonchev–Trinajstić information content (AvgIpc) is 2.74. The van der Waals surface area contributed by atoms with Crippen molar-refractivity contribution in [2.75, 3.05) is 6.54 Å². The summed E-state index contributed by atoms with van der Waals surface area (Å²) in [6.07, 6.45) is 8.01. The minimum Gasteiger partial charge on any atom is -0.314 e. The topological polar surface area (TPSA) is 24.9 Å². The SMILES string of the molecule is CCNC1CCCCCC1Cc1nc2ccccc2s1. The largest absolute Gasteiger partial charge is 0.314 e. The Hall–Kier alpha value is -0.930. The molecule has 3 rings (SSSR count). The molecule has 20 heavy (non-hydrogen) atoms. The standard InChI is InChI=1S/C17H24N2S/c1-2-18-14-9-5-3-4-8-13(14)12-17-19-15-10-6-7-11-16(15)20-17/h6-7,10-11,13-14,18H,2-5,8-9,12H2,1H3. The van der Waals surface area contributed by atoms with E-state index in [-0.39, 0.29) is 0 Å². The molecular formula is C17H24N2S. The molecule has 1 heterocycles. The van der Waals surface area contributed by atoms with E-state index in [9.17, 15) is 0 Å². The number of benzene rings is 1. The molecule has 1 fully saturated rings. The minimum absolute atomic E-state index is 0.689. The maximum Gasteiger partial charge on any atom is 0.0941 e. The van der Waals surface area contributed by atoms with Crippen molar-refractivity contribution in [1.82, 2.24) is 10.3 Å². The smallest absolute Gasteiger partial charge is 0.0941 e. The van der Waals surface area contributed by atoms with Crippen LogP contribution in [0.4, 0.5) is 0 Å². The van der Waals surface area contributed by atoms with Crippen LogP contribution in [-0.2, 0) is 6.42 Å². The molecule has 0 bridgehead atoms. The molecule has 1 N–H and O–H groups in total. The lowest BCUT2D eigenvalue weighted by Crippen LogP contribution is -2.36. The first-order valence-electron chi connectivity index (χ1n) is 7.94. The summed E-state index contributed by atoms with van der Waals surface area (Å²) in [6.45, 7) is 3.31. The van der Waals surface area contributed by atoms with Crippen molar-refractivity contribution in [3.05, 3.63) is 29.3 Å². The van der Waals surface area contributed by atoms with Crippen molar-refractivity contribution in [1.29, 1.82) is 0 Å². The molecule has 2 unspecified atom stereocenters. The maximum absolute atomic E-state index is 4.82. The van der Waals surface area contributed by atoms with Crippen molar-refractivity contribution in [2.24, 2.45) is 5.92 Å². The number of aromatic nitrogens is 1. The van der Waals surface area contributed by atoms with Crippen molar-refractivity contribution < 1.29 is 0 Å². The Morgan fingerprint density at radius 2 is 2.05 bits per heavy atom. The molecule has 2 aromatic rings. The van der Waals surface area contributed by atoms with Crippen LogP contribution in [-0.4, -0.2) is 17.6 Å². The number of fused-ring (bicyclic) bond motifs is 1. The van der Waals surface area contributed by atoms with Crippen LogP contribution < -0.4 is 5.32 Å². The monoisotopic (exact) mass is 288 g/mol. The molecule has 3 heteroatoms. The Labute approximate surface area is 125 Å². The molecule has 0 aliphatic heterocycles. The lowest BCUT2D eigenvalue weighted by atomic mass is 9.91. The quantitative estimate of drug-likeness (QED) is 0.844. The van der Waals surface area contributed by atoms with Gasteiger partial charge >= 0.3 is 0 Å². The van der Waals surface area contributed by atoms with E-state index in [1.807, 2.05) is 11.3 Å². The third kappa shape index (κ3) is 3.21. The van der Waals surface area contributed by atoms with Crippen LogP contribution in [0.2, 0.25) is 0 Å². The third-order valence-corrected chi connectivity index (χ3v) is 5.46. The lowest BCUT2D eigenvalue weighted by Gasteiger charge is -2.25. The normalized spacial score (nSPS) is 23.9. The predicted molar refractivity (Wildman–Crippen MR) is 87.4 cm³/mol. The first-order chi connectivity index (χ1) is 9.86. The molecule has 1 aromatic heterocycles. The molecule has 108 valence electrons. The zero-order chi connectivity index (χ0) is 13.8. The minimum atomic E-state index is 0.689. The molecule has 1 saturated carbocycles. The van der Waals surface area contributed by atoms with E-state index >= 15 is 0 Å². The van der Waals surface area contributed by atoms with Crippen LogP contribution >= 0.6 is 11.3 Å². The maximum atomic E-state index is 4.82. The van der Waals surface area contributed by atoms with Crippen molar-refractivity contribution in [2.45, 2.75) is 51.5 Å². The number of rotatable bonds is 4. The van der Waals surface area contributed by atoms with Gasteiger partial charge in [-0.15, -0.1) is 11.3 Å². The van der Waals surface area contributed by atoms with Gasteiger partial charge in [-0.05, 0) is 37.4 Å². The van der Waals surface area contributed by atoms with Gasteiger partial charge in [0.25, 0.3) is 0 Å². The van der Waals surface area contributed by atoms with Gasteiger partial charge in [0, 0.05) is 12.5 Å². The third-order valence-electron chi connectivity index (χ3n) is 4.40. The Balaban J connectivity index is 1.76. The summed E-state index contributed by atoms with van der Waals surface area (Å²) in [7, 11) is 0. The Kier molecular flexibility index (Phi) is 4.69. The Morgan fingerprint density at radius 1 is 1.20 bits per heavy atom. The summed E-state index contributed by atoms with van der Waals surface area (Å²) in [5.74, 6) is 0.762. The van der Waals surface area contributed by atoms with Gasteiger partial charge in [-0.2, -0.15) is 0 Å². The highest BCUT2D eigenvalue weighted by molar-refractivity contribution is 7.18. The summed E-state index contributed by atoms with van der Waals surface area (Å²) in [6, 6.07) is 9.20. The number of hydrogen-bond donors (Lipinski definition) is 1. The van der Waals surface area contributed by atoms with Gasteiger partial charge in [0.1, 0.15) is 0 Å². The van der Waals surface area contributed by atoms with E-state index in [0.29, 0.717) is 6.04 Å². The van der Waals surface area contributed by atoms with E-state index < -0.39 is 0 Å². The van der Waals surface area contributed by atoms with Crippen LogP contribution in [0.15, 0.2) is 24.3 Å². The highest BCUT2D eigenvalue weighted by Gasteiger charge is 2.24. The van der Waals surface area contributed by atoms with Gasteiger partial charge < -0.3 is 5.32 Å². The summed E-state index contributed by atoms with van der Waals surface area (Å²) in [5, 5.41) is 5.03. The first kappa shape index (κ1) is 14.0. The van der Waals surface area contributed by atoms with Crippen molar-refractivity contribution >= 4 is 21.6 Å². The number of nitrogens with one attached hydrogen (secondary N) is 1. The molecule has 0 spiro atoms. The Bertz CT molecular complexity index is 516. The molecule has 1 aromatic carbocycles.